The number of ether oxygens (including phenoxy) is 2. The third kappa shape index (κ3) is 7.12. The lowest BCUT2D eigenvalue weighted by molar-refractivity contribution is 0.0387. The van der Waals surface area contributed by atoms with Gasteiger partial charge in [0.15, 0.2) is 0 Å². The van der Waals surface area contributed by atoms with Crippen molar-refractivity contribution in [3.05, 3.63) is 48.0 Å². The maximum Gasteiger partial charge on any atom is 0.323 e. The van der Waals surface area contributed by atoms with Gasteiger partial charge in [0, 0.05) is 30.9 Å². The summed E-state index contributed by atoms with van der Waals surface area (Å²) in [7, 11) is -0.426. The van der Waals surface area contributed by atoms with Gasteiger partial charge in [-0.1, -0.05) is 6.92 Å². The number of carbonyl (C=O) groups is 2. The summed E-state index contributed by atoms with van der Waals surface area (Å²) in [5, 5.41) is 15.2. The van der Waals surface area contributed by atoms with Crippen LogP contribution in [-0.4, -0.2) is 86.9 Å². The van der Waals surface area contributed by atoms with Crippen LogP contribution in [0.5, 0.6) is 11.5 Å². The normalized spacial score (nSPS) is 18.8. The molecule has 2 aromatic carbocycles. The monoisotopic (exact) mass is 534 g/mol. The average Bonchev–Trinajstić information content (AvgIpc) is 2.85. The van der Waals surface area contributed by atoms with Gasteiger partial charge in [0.05, 0.1) is 38.1 Å². The van der Waals surface area contributed by atoms with E-state index in [9.17, 15) is 23.1 Å². The number of nitrogens with one attached hydrogen (secondary N) is 2. The van der Waals surface area contributed by atoms with Crippen LogP contribution in [0.2, 0.25) is 0 Å². The molecule has 0 saturated heterocycles. The van der Waals surface area contributed by atoms with Crippen LogP contribution in [0, 0.1) is 5.92 Å². The van der Waals surface area contributed by atoms with Crippen molar-refractivity contribution in [3.8, 4) is 11.5 Å². The first-order valence-corrected chi connectivity index (χ1v) is 13.6. The van der Waals surface area contributed by atoms with E-state index < -0.39 is 28.2 Å². The molecule has 3 N–H and O–H groups in total. The Labute approximate surface area is 217 Å². The summed E-state index contributed by atoms with van der Waals surface area (Å²) in [6, 6.07) is 10.5. The van der Waals surface area contributed by atoms with Crippen LogP contribution in [0.25, 0.3) is 0 Å². The first-order chi connectivity index (χ1) is 17.4. The predicted octanol–water partition coefficient (Wildman–Crippen LogP) is 2.45. The molecule has 11 nitrogen and oxygen atoms in total. The zero-order chi connectivity index (χ0) is 27.3. The number of benzene rings is 2. The molecule has 0 radical (unpaired) electrons. The molecule has 0 aromatic heterocycles. The van der Waals surface area contributed by atoms with E-state index in [-0.39, 0.29) is 42.8 Å². The van der Waals surface area contributed by atoms with Crippen molar-refractivity contribution in [1.82, 2.24) is 9.21 Å². The first-order valence-electron chi connectivity index (χ1n) is 11.8. The van der Waals surface area contributed by atoms with Gasteiger partial charge in [0.1, 0.15) is 17.6 Å². The Morgan fingerprint density at radius 3 is 2.43 bits per heavy atom. The number of rotatable bonds is 8. The molecular weight excluding hydrogens is 500 g/mol. The van der Waals surface area contributed by atoms with Gasteiger partial charge in [-0.3, -0.25) is 4.79 Å². The second-order valence-electron chi connectivity index (χ2n) is 9.18. The predicted molar refractivity (Wildman–Crippen MR) is 141 cm³/mol. The maximum atomic E-state index is 13.5. The van der Waals surface area contributed by atoms with Crippen molar-refractivity contribution < 1.29 is 32.6 Å². The van der Waals surface area contributed by atoms with E-state index in [4.69, 9.17) is 9.47 Å². The van der Waals surface area contributed by atoms with Gasteiger partial charge in [-0.25, -0.2) is 17.5 Å². The number of carbonyl (C=O) groups excluding carboxylic acids is 2. The molecule has 1 aliphatic rings. The highest BCUT2D eigenvalue weighted by molar-refractivity contribution is 7.88. The average molecular weight is 535 g/mol. The standard InChI is InChI=1S/C25H34N4O7S/c1-16-13-29(17(2)15-30)24(31)21-12-19(27-25(32)26-18-6-9-20(35-4)10-7-18)8-11-22(21)36-23(16)14-28(3)37(5,33)34/h6-12,16-17,23,30H,13-15H2,1-5H3,(H2,26,27,32)/t16-,17+,23+/m0/s1. The molecule has 3 rings (SSSR count). The van der Waals surface area contributed by atoms with E-state index in [1.807, 2.05) is 6.92 Å². The molecule has 2 aromatic rings. The van der Waals surface area contributed by atoms with Crippen LogP contribution in [-0.2, 0) is 10.0 Å². The van der Waals surface area contributed by atoms with Gasteiger partial charge in [-0.15, -0.1) is 0 Å². The number of urea groups is 1. The Balaban J connectivity index is 1.88. The Kier molecular flexibility index (Phi) is 9.00. The summed E-state index contributed by atoms with van der Waals surface area (Å²) >= 11 is 0. The van der Waals surface area contributed by atoms with E-state index >= 15 is 0 Å². The minimum atomic E-state index is -3.45. The number of aliphatic hydroxyl groups excluding tert-OH is 1. The van der Waals surface area contributed by atoms with E-state index in [2.05, 4.69) is 10.6 Å². The molecular formula is C25H34N4O7S. The van der Waals surface area contributed by atoms with Gasteiger partial charge in [-0.2, -0.15) is 0 Å². The van der Waals surface area contributed by atoms with Crippen LogP contribution in [0.1, 0.15) is 24.2 Å². The smallest absolute Gasteiger partial charge is 0.323 e. The van der Waals surface area contributed by atoms with Gasteiger partial charge in [0.2, 0.25) is 10.0 Å². The van der Waals surface area contributed by atoms with Crippen molar-refractivity contribution >= 4 is 33.3 Å². The summed E-state index contributed by atoms with van der Waals surface area (Å²) in [6.07, 6.45) is 0.560. The molecule has 3 amide bonds. The number of anilines is 2. The van der Waals surface area contributed by atoms with Crippen molar-refractivity contribution in [1.29, 1.82) is 0 Å². The molecule has 0 aliphatic carbocycles. The number of sulfonamides is 1. The lowest BCUT2D eigenvalue weighted by atomic mass is 9.99. The largest absolute Gasteiger partial charge is 0.497 e. The molecule has 37 heavy (non-hydrogen) atoms. The summed E-state index contributed by atoms with van der Waals surface area (Å²) < 4.78 is 36.5. The molecule has 0 unspecified atom stereocenters. The minimum absolute atomic E-state index is 0.0826. The third-order valence-corrected chi connectivity index (χ3v) is 7.56. The third-order valence-electron chi connectivity index (χ3n) is 6.27. The highest BCUT2D eigenvalue weighted by Crippen LogP contribution is 2.31. The summed E-state index contributed by atoms with van der Waals surface area (Å²) in [4.78, 5) is 27.6. The second kappa shape index (κ2) is 11.8. The number of hydrogen-bond acceptors (Lipinski definition) is 7. The number of methoxy groups -OCH3 is 1. The number of aliphatic hydroxyl groups is 1. The molecule has 1 heterocycles. The van der Waals surface area contributed by atoms with E-state index in [0.717, 1.165) is 6.26 Å². The van der Waals surface area contributed by atoms with Gasteiger partial charge in [0.25, 0.3) is 5.91 Å². The van der Waals surface area contributed by atoms with Crippen molar-refractivity contribution in [2.45, 2.75) is 26.0 Å². The highest BCUT2D eigenvalue weighted by atomic mass is 32.2. The number of hydrogen-bond donors (Lipinski definition) is 3. The van der Waals surface area contributed by atoms with Crippen LogP contribution >= 0.6 is 0 Å². The van der Waals surface area contributed by atoms with Crippen molar-refractivity contribution in [2.24, 2.45) is 5.92 Å². The quantitative estimate of drug-likeness (QED) is 0.473. The molecule has 0 spiro atoms. The van der Waals surface area contributed by atoms with Crippen molar-refractivity contribution in [3.63, 3.8) is 0 Å². The van der Waals surface area contributed by atoms with Gasteiger partial charge < -0.3 is 30.1 Å². The molecule has 12 heteroatoms. The second-order valence-corrected chi connectivity index (χ2v) is 11.3. The number of fused-ring (bicyclic) bond motifs is 1. The molecule has 0 saturated carbocycles. The van der Waals surface area contributed by atoms with E-state index in [1.54, 1.807) is 55.3 Å². The topological polar surface area (TPSA) is 138 Å². The van der Waals surface area contributed by atoms with E-state index in [1.165, 1.54) is 17.4 Å². The Hall–Kier alpha value is -3.35. The maximum absolute atomic E-state index is 13.5. The lowest BCUT2D eigenvalue weighted by Crippen LogP contribution is -2.50. The molecule has 3 atom stereocenters. The number of amides is 3. The van der Waals surface area contributed by atoms with E-state index in [0.29, 0.717) is 17.1 Å². The SMILES string of the molecule is COc1ccc(NC(=O)Nc2ccc3c(c2)C(=O)N([C@H](C)CO)C[C@H](C)[C@@H](CN(C)S(C)(=O)=O)O3)cc1. The van der Waals surface area contributed by atoms with Crippen LogP contribution in [0.15, 0.2) is 42.5 Å². The number of nitrogens with zero attached hydrogens (tertiary/aromatic N) is 2. The van der Waals surface area contributed by atoms with Gasteiger partial charge in [-0.05, 0) is 49.4 Å². The zero-order valence-corrected chi connectivity index (χ0v) is 22.4. The molecule has 0 fully saturated rings. The fraction of sp³-hybridized carbons (Fsp3) is 0.440. The number of likely N-dealkylation sites (N-methyl/N-ethyl adjacent to an activating group) is 1. The molecule has 202 valence electrons. The lowest BCUT2D eigenvalue weighted by Gasteiger charge is -2.38. The zero-order valence-electron chi connectivity index (χ0n) is 21.6. The first kappa shape index (κ1) is 28.2. The fourth-order valence-corrected chi connectivity index (χ4v) is 4.29. The van der Waals surface area contributed by atoms with Crippen LogP contribution in [0.3, 0.4) is 0 Å². The Morgan fingerprint density at radius 2 is 1.84 bits per heavy atom. The molecule has 0 bridgehead atoms. The highest BCUT2D eigenvalue weighted by Gasteiger charge is 2.34. The summed E-state index contributed by atoms with van der Waals surface area (Å²) in [5.74, 6) is 0.323. The molecule has 1 aliphatic heterocycles. The minimum Gasteiger partial charge on any atom is -0.497 e. The summed E-state index contributed by atoms with van der Waals surface area (Å²) in [6.45, 7) is 3.69. The Morgan fingerprint density at radius 1 is 1.22 bits per heavy atom. The van der Waals surface area contributed by atoms with Gasteiger partial charge >= 0.3 is 6.03 Å². The van der Waals surface area contributed by atoms with Crippen LogP contribution < -0.4 is 20.1 Å². The summed E-state index contributed by atoms with van der Waals surface area (Å²) in [5.41, 5.74) is 1.11. The van der Waals surface area contributed by atoms with Crippen molar-refractivity contribution in [2.75, 3.05) is 50.7 Å². The fourth-order valence-electron chi connectivity index (χ4n) is 3.87. The Bertz CT molecular complexity index is 1220. The van der Waals surface area contributed by atoms with Crippen LogP contribution in [0.4, 0.5) is 16.2 Å².